The summed E-state index contributed by atoms with van der Waals surface area (Å²) >= 11 is 1.80. The molecule has 0 aromatic carbocycles. The maximum absolute atomic E-state index is 4.33. The van der Waals surface area contributed by atoms with E-state index in [1.807, 2.05) is 12.3 Å². The smallest absolute Gasteiger partial charge is 0.141 e. The van der Waals surface area contributed by atoms with Crippen molar-refractivity contribution in [2.24, 2.45) is 0 Å². The van der Waals surface area contributed by atoms with E-state index < -0.39 is 0 Å². The molecule has 0 radical (unpaired) electrons. The van der Waals surface area contributed by atoms with Gasteiger partial charge in [0.05, 0.1) is 10.8 Å². The van der Waals surface area contributed by atoms with Crippen LogP contribution < -0.4 is 5.32 Å². The molecule has 1 atom stereocenters. The summed E-state index contributed by atoms with van der Waals surface area (Å²) in [5, 5.41) is 6.16. The lowest BCUT2D eigenvalue weighted by Gasteiger charge is -2.08. The molecule has 1 aliphatic rings. The Morgan fingerprint density at radius 3 is 3.27 bits per heavy atom. The number of aromatic amines is 1. The van der Waals surface area contributed by atoms with E-state index in [0.29, 0.717) is 5.37 Å². The number of aromatic nitrogens is 3. The van der Waals surface area contributed by atoms with Crippen molar-refractivity contribution in [3.63, 3.8) is 0 Å². The quantitative estimate of drug-likeness (QED) is 0.757. The molecule has 1 fully saturated rings. The average molecular weight is 220 g/mol. The number of fused-ring (bicyclic) bond motifs is 1. The summed E-state index contributed by atoms with van der Waals surface area (Å²) in [6.45, 7) is 1.12. The van der Waals surface area contributed by atoms with Crippen LogP contribution in [0.5, 0.6) is 0 Å². The Morgan fingerprint density at radius 1 is 1.40 bits per heavy atom. The molecule has 2 aromatic rings. The second kappa shape index (κ2) is 3.83. The highest BCUT2D eigenvalue weighted by Crippen LogP contribution is 2.29. The van der Waals surface area contributed by atoms with Crippen LogP contribution in [0.2, 0.25) is 0 Å². The molecule has 3 heterocycles. The number of H-pyrrole nitrogens is 1. The van der Waals surface area contributed by atoms with Gasteiger partial charge in [0.1, 0.15) is 17.0 Å². The van der Waals surface area contributed by atoms with Gasteiger partial charge in [-0.15, -0.1) is 0 Å². The zero-order valence-corrected chi connectivity index (χ0v) is 9.05. The summed E-state index contributed by atoms with van der Waals surface area (Å²) in [5.41, 5.74) is 0.922. The van der Waals surface area contributed by atoms with Gasteiger partial charge in [-0.3, -0.25) is 0 Å². The fourth-order valence-electron chi connectivity index (χ4n) is 1.83. The van der Waals surface area contributed by atoms with E-state index in [2.05, 4.69) is 20.3 Å². The second-order valence-electron chi connectivity index (χ2n) is 3.62. The van der Waals surface area contributed by atoms with E-state index in [-0.39, 0.29) is 0 Å². The van der Waals surface area contributed by atoms with Gasteiger partial charge in [0, 0.05) is 6.20 Å². The van der Waals surface area contributed by atoms with Gasteiger partial charge in [-0.1, -0.05) is 11.8 Å². The third-order valence-corrected chi connectivity index (χ3v) is 3.82. The molecular formula is C10H12N4S. The summed E-state index contributed by atoms with van der Waals surface area (Å²) in [4.78, 5) is 11.6. The van der Waals surface area contributed by atoms with Crippen LogP contribution in [0.25, 0.3) is 11.0 Å². The maximum Gasteiger partial charge on any atom is 0.141 e. The van der Waals surface area contributed by atoms with E-state index in [9.17, 15) is 0 Å². The molecule has 1 unspecified atom stereocenters. The highest BCUT2D eigenvalue weighted by molar-refractivity contribution is 8.00. The van der Waals surface area contributed by atoms with Crippen LogP contribution in [-0.2, 0) is 0 Å². The number of thioether (sulfide) groups is 1. The van der Waals surface area contributed by atoms with Crippen LogP contribution in [0, 0.1) is 0 Å². The Morgan fingerprint density at radius 2 is 2.40 bits per heavy atom. The molecule has 1 aliphatic heterocycles. The number of nitrogens with one attached hydrogen (secondary N) is 2. The minimum Gasteiger partial charge on any atom is -0.346 e. The van der Waals surface area contributed by atoms with E-state index in [4.69, 9.17) is 0 Å². The maximum atomic E-state index is 4.33. The van der Waals surface area contributed by atoms with Crippen LogP contribution >= 0.6 is 11.8 Å². The standard InChI is InChI=1S/C10H12N4S/c1-2-8(11-4-1)15-10-7-3-5-12-9(7)13-6-14-10/h3,5-6,8,11H,1-2,4H2,(H,12,13,14). The lowest BCUT2D eigenvalue weighted by Crippen LogP contribution is -2.17. The number of hydrogen-bond acceptors (Lipinski definition) is 4. The summed E-state index contributed by atoms with van der Waals surface area (Å²) in [5.74, 6) is 0. The van der Waals surface area contributed by atoms with E-state index in [0.717, 1.165) is 22.6 Å². The molecule has 0 aliphatic carbocycles. The first-order chi connectivity index (χ1) is 7.43. The van der Waals surface area contributed by atoms with Gasteiger partial charge in [-0.25, -0.2) is 9.97 Å². The number of hydrogen-bond donors (Lipinski definition) is 2. The third kappa shape index (κ3) is 1.72. The lowest BCUT2D eigenvalue weighted by molar-refractivity contribution is 0.804. The van der Waals surface area contributed by atoms with Crippen LogP contribution in [-0.4, -0.2) is 26.9 Å². The van der Waals surface area contributed by atoms with Crippen molar-refractivity contribution >= 4 is 22.8 Å². The van der Waals surface area contributed by atoms with Crippen LogP contribution in [0.15, 0.2) is 23.6 Å². The van der Waals surface area contributed by atoms with E-state index in [1.165, 1.54) is 12.8 Å². The van der Waals surface area contributed by atoms with Gasteiger partial charge in [0.2, 0.25) is 0 Å². The zero-order chi connectivity index (χ0) is 10.1. The molecule has 0 bridgehead atoms. The van der Waals surface area contributed by atoms with Gasteiger partial charge in [-0.2, -0.15) is 0 Å². The van der Waals surface area contributed by atoms with Crippen molar-refractivity contribution in [2.75, 3.05) is 6.54 Å². The molecule has 2 N–H and O–H groups in total. The molecule has 0 amide bonds. The van der Waals surface area contributed by atoms with Gasteiger partial charge >= 0.3 is 0 Å². The lowest BCUT2D eigenvalue weighted by atomic mass is 10.4. The molecular weight excluding hydrogens is 208 g/mol. The monoisotopic (exact) mass is 220 g/mol. The first kappa shape index (κ1) is 9.18. The first-order valence-electron chi connectivity index (χ1n) is 5.11. The Kier molecular flexibility index (Phi) is 2.34. The molecule has 2 aromatic heterocycles. The van der Waals surface area contributed by atoms with Crippen molar-refractivity contribution in [3.8, 4) is 0 Å². The Hall–Kier alpha value is -1.07. The Bertz CT molecular complexity index is 461. The summed E-state index contributed by atoms with van der Waals surface area (Å²) < 4.78 is 0. The zero-order valence-electron chi connectivity index (χ0n) is 8.23. The Balaban J connectivity index is 1.92. The Labute approximate surface area is 91.9 Å². The van der Waals surface area contributed by atoms with E-state index >= 15 is 0 Å². The molecule has 1 saturated heterocycles. The molecule has 78 valence electrons. The topological polar surface area (TPSA) is 53.6 Å². The van der Waals surface area contributed by atoms with Crippen molar-refractivity contribution < 1.29 is 0 Å². The van der Waals surface area contributed by atoms with Crippen molar-refractivity contribution in [2.45, 2.75) is 23.2 Å². The number of nitrogens with zero attached hydrogens (tertiary/aromatic N) is 2. The van der Waals surface area contributed by atoms with Gasteiger partial charge in [0.15, 0.2) is 0 Å². The average Bonchev–Trinajstić information content (AvgIpc) is 2.87. The fourth-order valence-corrected chi connectivity index (χ4v) is 2.99. The predicted molar refractivity (Wildman–Crippen MR) is 60.8 cm³/mol. The minimum atomic E-state index is 0.512. The van der Waals surface area contributed by atoms with Crippen LogP contribution in [0.4, 0.5) is 0 Å². The SMILES string of the molecule is c1nc(SC2CCCN2)c2cc[nH]c2n1. The van der Waals surface area contributed by atoms with Crippen molar-refractivity contribution in [3.05, 3.63) is 18.6 Å². The van der Waals surface area contributed by atoms with Crippen molar-refractivity contribution in [1.82, 2.24) is 20.3 Å². The highest BCUT2D eigenvalue weighted by Gasteiger charge is 2.17. The van der Waals surface area contributed by atoms with Gasteiger partial charge in [-0.05, 0) is 25.5 Å². The molecule has 0 saturated carbocycles. The largest absolute Gasteiger partial charge is 0.346 e. The number of rotatable bonds is 2. The minimum absolute atomic E-state index is 0.512. The molecule has 5 heteroatoms. The molecule has 15 heavy (non-hydrogen) atoms. The van der Waals surface area contributed by atoms with Crippen LogP contribution in [0.3, 0.4) is 0 Å². The van der Waals surface area contributed by atoms with Gasteiger partial charge in [0.25, 0.3) is 0 Å². The first-order valence-corrected chi connectivity index (χ1v) is 5.99. The van der Waals surface area contributed by atoms with E-state index in [1.54, 1.807) is 18.1 Å². The third-order valence-electron chi connectivity index (χ3n) is 2.59. The molecule has 0 spiro atoms. The molecule has 3 rings (SSSR count). The summed E-state index contributed by atoms with van der Waals surface area (Å²) in [6, 6.07) is 2.03. The predicted octanol–water partition coefficient (Wildman–Crippen LogP) is 1.76. The van der Waals surface area contributed by atoms with Crippen LogP contribution in [0.1, 0.15) is 12.8 Å². The molecule has 4 nitrogen and oxygen atoms in total. The van der Waals surface area contributed by atoms with Gasteiger partial charge < -0.3 is 10.3 Å². The summed E-state index contributed by atoms with van der Waals surface area (Å²) in [7, 11) is 0. The fraction of sp³-hybridized carbons (Fsp3) is 0.400. The highest BCUT2D eigenvalue weighted by atomic mass is 32.2. The summed E-state index contributed by atoms with van der Waals surface area (Å²) in [6.07, 6.45) is 6.02. The normalized spacial score (nSPS) is 21.2. The second-order valence-corrected chi connectivity index (χ2v) is 4.81. The van der Waals surface area contributed by atoms with Crippen molar-refractivity contribution in [1.29, 1.82) is 0 Å².